The van der Waals surface area contributed by atoms with E-state index in [0.29, 0.717) is 5.75 Å². The molecule has 0 heterocycles. The van der Waals surface area contributed by atoms with E-state index in [4.69, 9.17) is 17.3 Å². The first-order valence-electron chi connectivity index (χ1n) is 5.47. The summed E-state index contributed by atoms with van der Waals surface area (Å²) in [7, 11) is 0. The van der Waals surface area contributed by atoms with Crippen LogP contribution in [0.25, 0.3) is 0 Å². The average molecular weight is 274 g/mol. The Balaban J connectivity index is 1.97. The van der Waals surface area contributed by atoms with Gasteiger partial charge in [0.25, 0.3) is 0 Å². The Kier molecular flexibility index (Phi) is 4.58. The van der Waals surface area contributed by atoms with Crippen LogP contribution in [0, 0.1) is 11.8 Å². The van der Waals surface area contributed by atoms with E-state index in [9.17, 15) is 0 Å². The molecule has 0 saturated carbocycles. The van der Waals surface area contributed by atoms with Gasteiger partial charge in [0.2, 0.25) is 0 Å². The van der Waals surface area contributed by atoms with E-state index in [1.165, 1.54) is 0 Å². The maximum absolute atomic E-state index is 6.07. The first-order valence-corrected chi connectivity index (χ1v) is 6.84. The average Bonchev–Trinajstić information content (AvgIpc) is 2.40. The molecule has 0 unspecified atom stereocenters. The molecule has 3 heteroatoms. The van der Waals surface area contributed by atoms with Gasteiger partial charge in [0.15, 0.2) is 0 Å². The molecule has 0 amide bonds. The third-order valence-electron chi connectivity index (χ3n) is 2.26. The summed E-state index contributed by atoms with van der Waals surface area (Å²) in [5, 5.41) is 0.718. The van der Waals surface area contributed by atoms with Crippen LogP contribution in [0.4, 0.5) is 5.69 Å². The number of benzene rings is 2. The molecular formula is C15H12ClNS. The van der Waals surface area contributed by atoms with Gasteiger partial charge in [-0.05, 0) is 30.3 Å². The zero-order chi connectivity index (χ0) is 12.8. The molecule has 2 aromatic carbocycles. The van der Waals surface area contributed by atoms with Crippen molar-refractivity contribution in [1.29, 1.82) is 0 Å². The number of hydrogen-bond donors (Lipinski definition) is 1. The molecule has 2 rings (SSSR count). The highest BCUT2D eigenvalue weighted by atomic mass is 35.5. The van der Waals surface area contributed by atoms with Gasteiger partial charge in [0, 0.05) is 16.1 Å². The Morgan fingerprint density at radius 1 is 1.11 bits per heavy atom. The van der Waals surface area contributed by atoms with E-state index in [0.717, 1.165) is 21.2 Å². The number of nitrogen functional groups attached to an aromatic ring is 1. The summed E-state index contributed by atoms with van der Waals surface area (Å²) in [6.45, 7) is 0. The predicted molar refractivity (Wildman–Crippen MR) is 79.9 cm³/mol. The van der Waals surface area contributed by atoms with Crippen molar-refractivity contribution < 1.29 is 0 Å². The lowest BCUT2D eigenvalue weighted by molar-refractivity contribution is 1.46. The lowest BCUT2D eigenvalue weighted by atomic mass is 10.2. The number of halogens is 1. The Bertz CT molecular complexity index is 584. The first kappa shape index (κ1) is 12.9. The highest BCUT2D eigenvalue weighted by molar-refractivity contribution is 7.99. The van der Waals surface area contributed by atoms with Gasteiger partial charge in [-0.1, -0.05) is 41.6 Å². The molecule has 0 atom stereocenters. The molecule has 0 aliphatic carbocycles. The lowest BCUT2D eigenvalue weighted by Gasteiger charge is -2.02. The number of nitrogens with two attached hydrogens (primary N) is 1. The summed E-state index contributed by atoms with van der Waals surface area (Å²) in [5.41, 5.74) is 7.46. The fourth-order valence-corrected chi connectivity index (χ4v) is 2.41. The van der Waals surface area contributed by atoms with Gasteiger partial charge >= 0.3 is 0 Å². The van der Waals surface area contributed by atoms with E-state index in [1.54, 1.807) is 17.8 Å². The van der Waals surface area contributed by atoms with Crippen molar-refractivity contribution in [2.45, 2.75) is 4.90 Å². The number of thioether (sulfide) groups is 1. The van der Waals surface area contributed by atoms with Gasteiger partial charge in [-0.2, -0.15) is 0 Å². The van der Waals surface area contributed by atoms with Crippen molar-refractivity contribution in [2.75, 3.05) is 11.5 Å². The summed E-state index contributed by atoms with van der Waals surface area (Å²) in [4.78, 5) is 0.971. The SMILES string of the molecule is Nc1ccc(Cl)c(SCC#Cc2ccccc2)c1. The fourth-order valence-electron chi connectivity index (χ4n) is 1.40. The third-order valence-corrected chi connectivity index (χ3v) is 3.64. The molecule has 0 fully saturated rings. The minimum atomic E-state index is 0.693. The van der Waals surface area contributed by atoms with E-state index < -0.39 is 0 Å². The molecule has 2 N–H and O–H groups in total. The van der Waals surface area contributed by atoms with Crippen molar-refractivity contribution >= 4 is 29.1 Å². The Labute approximate surface area is 116 Å². The largest absolute Gasteiger partial charge is 0.399 e. The van der Waals surface area contributed by atoms with E-state index >= 15 is 0 Å². The first-order chi connectivity index (χ1) is 8.75. The Hall–Kier alpha value is -1.56. The van der Waals surface area contributed by atoms with Crippen LogP contribution in [0.5, 0.6) is 0 Å². The molecule has 90 valence electrons. The summed E-state index contributed by atoms with van der Waals surface area (Å²) < 4.78 is 0. The topological polar surface area (TPSA) is 26.0 Å². The quantitative estimate of drug-likeness (QED) is 0.507. The minimum absolute atomic E-state index is 0.693. The van der Waals surface area contributed by atoms with Crippen LogP contribution in [0.1, 0.15) is 5.56 Å². The van der Waals surface area contributed by atoms with Gasteiger partial charge < -0.3 is 5.73 Å². The molecule has 0 spiro atoms. The molecule has 0 bridgehead atoms. The maximum atomic E-state index is 6.07. The van der Waals surface area contributed by atoms with Gasteiger partial charge in [-0.25, -0.2) is 0 Å². The zero-order valence-electron chi connectivity index (χ0n) is 9.69. The number of rotatable bonds is 2. The van der Waals surface area contributed by atoms with Crippen molar-refractivity contribution in [3.63, 3.8) is 0 Å². The van der Waals surface area contributed by atoms with Crippen molar-refractivity contribution in [2.24, 2.45) is 0 Å². The normalized spacial score (nSPS) is 9.61. The molecule has 0 radical (unpaired) electrons. The summed E-state index contributed by atoms with van der Waals surface area (Å²) in [6, 6.07) is 15.4. The van der Waals surface area contributed by atoms with Crippen LogP contribution in [-0.4, -0.2) is 5.75 Å². The fraction of sp³-hybridized carbons (Fsp3) is 0.0667. The molecule has 2 aromatic rings. The lowest BCUT2D eigenvalue weighted by Crippen LogP contribution is -1.85. The second-order valence-corrected chi connectivity index (χ2v) is 5.07. The Morgan fingerprint density at radius 2 is 1.89 bits per heavy atom. The number of hydrogen-bond acceptors (Lipinski definition) is 2. The maximum Gasteiger partial charge on any atom is 0.0599 e. The van der Waals surface area contributed by atoms with Crippen LogP contribution in [0.3, 0.4) is 0 Å². The van der Waals surface area contributed by atoms with Gasteiger partial charge in [-0.3, -0.25) is 0 Å². The van der Waals surface area contributed by atoms with E-state index in [1.807, 2.05) is 42.5 Å². The summed E-state index contributed by atoms with van der Waals surface area (Å²) >= 11 is 7.66. The smallest absolute Gasteiger partial charge is 0.0599 e. The van der Waals surface area contributed by atoms with Gasteiger partial charge in [0.1, 0.15) is 0 Å². The summed E-state index contributed by atoms with van der Waals surface area (Å²) in [6.07, 6.45) is 0. The highest BCUT2D eigenvalue weighted by Gasteiger charge is 1.99. The monoisotopic (exact) mass is 273 g/mol. The predicted octanol–water partition coefficient (Wildman–Crippen LogP) is 4.07. The van der Waals surface area contributed by atoms with E-state index in [-0.39, 0.29) is 0 Å². The molecule has 0 aliphatic rings. The minimum Gasteiger partial charge on any atom is -0.399 e. The van der Waals surface area contributed by atoms with Crippen molar-refractivity contribution in [3.8, 4) is 11.8 Å². The molecule has 1 nitrogen and oxygen atoms in total. The van der Waals surface area contributed by atoms with Crippen LogP contribution in [-0.2, 0) is 0 Å². The standard InChI is InChI=1S/C15H12ClNS/c16-14-9-8-13(17)11-15(14)18-10-4-7-12-5-2-1-3-6-12/h1-3,5-6,8-9,11H,10,17H2. The second-order valence-electron chi connectivity index (χ2n) is 3.65. The molecule has 0 aromatic heterocycles. The third kappa shape index (κ3) is 3.73. The molecule has 0 aliphatic heterocycles. The van der Waals surface area contributed by atoms with Crippen LogP contribution in [0.15, 0.2) is 53.4 Å². The molecule has 0 saturated heterocycles. The van der Waals surface area contributed by atoms with E-state index in [2.05, 4.69) is 11.8 Å². The van der Waals surface area contributed by atoms with Gasteiger partial charge in [-0.15, -0.1) is 11.8 Å². The van der Waals surface area contributed by atoms with Crippen molar-refractivity contribution in [1.82, 2.24) is 0 Å². The Morgan fingerprint density at radius 3 is 2.67 bits per heavy atom. The van der Waals surface area contributed by atoms with Crippen LogP contribution >= 0.6 is 23.4 Å². The van der Waals surface area contributed by atoms with Gasteiger partial charge in [0.05, 0.1) is 10.8 Å². The van der Waals surface area contributed by atoms with Crippen LogP contribution < -0.4 is 5.73 Å². The number of anilines is 1. The zero-order valence-corrected chi connectivity index (χ0v) is 11.3. The van der Waals surface area contributed by atoms with Crippen molar-refractivity contribution in [3.05, 3.63) is 59.1 Å². The second kappa shape index (κ2) is 6.39. The molecule has 18 heavy (non-hydrogen) atoms. The van der Waals surface area contributed by atoms with Crippen LogP contribution in [0.2, 0.25) is 5.02 Å². The molecular weight excluding hydrogens is 262 g/mol. The highest BCUT2D eigenvalue weighted by Crippen LogP contribution is 2.28. The summed E-state index contributed by atoms with van der Waals surface area (Å²) in [5.74, 6) is 6.91.